The predicted octanol–water partition coefficient (Wildman–Crippen LogP) is 3.71. The van der Waals surface area contributed by atoms with Crippen molar-refractivity contribution in [2.24, 2.45) is 11.8 Å². The molecule has 2 aliphatic heterocycles. The van der Waals surface area contributed by atoms with Crippen LogP contribution in [-0.4, -0.2) is 135 Å². The van der Waals surface area contributed by atoms with E-state index in [1.54, 1.807) is 19.9 Å². The van der Waals surface area contributed by atoms with E-state index in [1.807, 2.05) is 94.4 Å². The van der Waals surface area contributed by atoms with Gasteiger partial charge in [-0.1, -0.05) is 94.3 Å². The maximum atomic E-state index is 14.5. The van der Waals surface area contributed by atoms with Gasteiger partial charge in [0, 0.05) is 25.2 Å². The van der Waals surface area contributed by atoms with Crippen LogP contribution < -0.4 is 30.7 Å². The second-order valence-corrected chi connectivity index (χ2v) is 21.3. The number of carbonyl (C=O) groups excluding carboxylic acids is 6. The Hall–Kier alpha value is -6.17. The average molecular weight is 1030 g/mol. The smallest absolute Gasteiger partial charge is 0.308 e. The van der Waals surface area contributed by atoms with Crippen molar-refractivity contribution in [3.8, 4) is 23.8 Å². The molecule has 0 spiro atoms. The van der Waals surface area contributed by atoms with Gasteiger partial charge < -0.3 is 49.3 Å². The summed E-state index contributed by atoms with van der Waals surface area (Å²) in [6.07, 6.45) is 7.55. The summed E-state index contributed by atoms with van der Waals surface area (Å²) in [5, 5.41) is 11.8. The van der Waals surface area contributed by atoms with Crippen LogP contribution in [0.25, 0.3) is 0 Å². The molecule has 18 nitrogen and oxygen atoms in total. The molecule has 2 saturated heterocycles. The Labute approximate surface area is 430 Å². The molecule has 0 saturated carbocycles. The molecular weight excluding hydrogens is 959 g/mol. The van der Waals surface area contributed by atoms with Gasteiger partial charge >= 0.3 is 5.97 Å². The molecule has 0 aromatic heterocycles. The van der Waals surface area contributed by atoms with Gasteiger partial charge in [-0.05, 0) is 80.2 Å². The van der Waals surface area contributed by atoms with E-state index in [2.05, 4.69) is 27.2 Å². The Kier molecular flexibility index (Phi) is 22.6. The molecule has 2 aliphatic rings. The number of rotatable bonds is 25. The minimum absolute atomic E-state index is 0.0154. The van der Waals surface area contributed by atoms with Gasteiger partial charge in [0.25, 0.3) is 5.91 Å². The molecule has 0 bridgehead atoms. The van der Waals surface area contributed by atoms with Crippen LogP contribution in [0, 0.1) is 31.1 Å². The van der Waals surface area contributed by atoms with Crippen LogP contribution >= 0.6 is 0 Å². The summed E-state index contributed by atoms with van der Waals surface area (Å²) in [4.78, 5) is 82.9. The highest BCUT2D eigenvalue weighted by molar-refractivity contribution is 7.84. The number of ketones is 1. The number of hydrogen-bond acceptors (Lipinski definition) is 13. The number of amides is 4. The van der Waals surface area contributed by atoms with E-state index in [1.165, 1.54) is 6.92 Å². The first kappa shape index (κ1) is 59.4. The van der Waals surface area contributed by atoms with Crippen LogP contribution in [0.4, 0.5) is 0 Å². The van der Waals surface area contributed by atoms with E-state index in [-0.39, 0.29) is 68.3 Å². The Morgan fingerprint density at radius 3 is 1.86 bits per heavy atom. The number of esters is 1. The number of hydrogen-bond donors (Lipinski definition) is 4. The lowest BCUT2D eigenvalue weighted by Gasteiger charge is -2.41. The summed E-state index contributed by atoms with van der Waals surface area (Å²) in [6.45, 7) is 15.1. The number of benzene rings is 3. The number of nitrogens with one attached hydrogen (secondary N) is 4. The highest BCUT2D eigenvalue weighted by atomic mass is 32.2. The van der Waals surface area contributed by atoms with Gasteiger partial charge in [0.05, 0.1) is 36.0 Å². The fraction of sp³-hybridized carbons (Fsp3) is 0.519. The zero-order valence-corrected chi connectivity index (χ0v) is 44.1. The molecule has 2 heterocycles. The molecule has 3 aromatic rings. The molecule has 0 unspecified atom stereocenters. The number of ether oxygens (including phenoxy) is 4. The largest absolute Gasteiger partial charge is 0.748 e. The molecule has 5 atom stereocenters. The zero-order chi connectivity index (χ0) is 53.9. The standard InChI is InChI=1S/C53H69N5O10.CH4O3S/c1-9-24-66-46-31-41(29-37(6)48(46)68-38(7)59)32-58(22-25-65-26-23-58)33-47(60)54-42(21-20-39-16-12-10-13-17-39)50(62)56-44(28-36(4)5)51(63)57-45(30-40-18-14-11-15-19-40)52(64)55-43(27-35(2)3)49(61)53(8)34-67-53;1-5(2,3)4/h1,10-19,29,31,35-36,42-45H,20-28,30,32-34H2,2-8H3,(H3-,54,55,56,57,60,62,63,64);1H3,(H,2,3,4)/t42-,43-,44-,45-,53+;/m0./s1. The van der Waals surface area contributed by atoms with Crippen LogP contribution in [0.1, 0.15) is 83.1 Å². The van der Waals surface area contributed by atoms with Gasteiger partial charge in [0.1, 0.15) is 50.0 Å². The van der Waals surface area contributed by atoms with E-state index < -0.39 is 63.6 Å². The quantitative estimate of drug-likeness (QED) is 0.0237. The average Bonchev–Trinajstić information content (AvgIpc) is 4.07. The van der Waals surface area contributed by atoms with Crippen molar-refractivity contribution in [1.29, 1.82) is 0 Å². The van der Waals surface area contributed by atoms with E-state index in [4.69, 9.17) is 38.3 Å². The van der Waals surface area contributed by atoms with Crippen LogP contribution in [0.3, 0.4) is 0 Å². The third kappa shape index (κ3) is 20.7. The first-order chi connectivity index (χ1) is 34.4. The molecule has 4 amide bonds. The van der Waals surface area contributed by atoms with Gasteiger partial charge in [-0.2, -0.15) is 0 Å². The first-order valence-corrected chi connectivity index (χ1v) is 26.4. The second-order valence-electron chi connectivity index (χ2n) is 19.9. The number of morpholine rings is 1. The van der Waals surface area contributed by atoms with Crippen LogP contribution in [-0.2, 0) is 67.7 Å². The van der Waals surface area contributed by atoms with Crippen LogP contribution in [0.5, 0.6) is 11.5 Å². The summed E-state index contributed by atoms with van der Waals surface area (Å²) < 4.78 is 50.0. The summed E-state index contributed by atoms with van der Waals surface area (Å²) in [5.41, 5.74) is 2.28. The predicted molar refractivity (Wildman–Crippen MR) is 273 cm³/mol. The lowest BCUT2D eigenvalue weighted by atomic mass is 9.93. The van der Waals surface area contributed by atoms with E-state index in [0.717, 1.165) is 16.7 Å². The molecule has 0 aliphatic carbocycles. The second kappa shape index (κ2) is 27.8. The number of quaternary nitrogens is 1. The monoisotopic (exact) mass is 1030 g/mol. The molecule has 398 valence electrons. The van der Waals surface area contributed by atoms with Crippen molar-refractivity contribution >= 4 is 45.5 Å². The van der Waals surface area contributed by atoms with E-state index in [9.17, 15) is 28.8 Å². The highest BCUT2D eigenvalue weighted by Gasteiger charge is 2.50. The summed E-state index contributed by atoms with van der Waals surface area (Å²) in [7, 11) is -3.92. The van der Waals surface area contributed by atoms with Crippen molar-refractivity contribution in [2.75, 3.05) is 52.3 Å². The molecular formula is C54H73N5O13S. The molecule has 2 fully saturated rings. The number of nitrogens with zero attached hydrogens (tertiary/aromatic N) is 1. The maximum Gasteiger partial charge on any atom is 0.308 e. The lowest BCUT2D eigenvalue weighted by molar-refractivity contribution is -0.940. The summed E-state index contributed by atoms with van der Waals surface area (Å²) >= 11 is 0. The maximum absolute atomic E-state index is 14.5. The molecule has 19 heteroatoms. The molecule has 4 N–H and O–H groups in total. The van der Waals surface area contributed by atoms with Crippen molar-refractivity contribution < 1.29 is 65.2 Å². The van der Waals surface area contributed by atoms with Crippen LogP contribution in [0.2, 0.25) is 0 Å². The topological polar surface area (TPSA) is 248 Å². The Balaban J connectivity index is 0.00000220. The number of terminal acetylenes is 1. The van der Waals surface area contributed by atoms with E-state index in [0.29, 0.717) is 67.7 Å². The fourth-order valence-corrected chi connectivity index (χ4v) is 8.57. The van der Waals surface area contributed by atoms with Crippen molar-refractivity contribution in [3.63, 3.8) is 0 Å². The van der Waals surface area contributed by atoms with Gasteiger partial charge in [-0.15, -0.1) is 6.42 Å². The Morgan fingerprint density at radius 2 is 1.32 bits per heavy atom. The van der Waals surface area contributed by atoms with Gasteiger partial charge in [0.15, 0.2) is 23.8 Å². The molecule has 3 aromatic carbocycles. The van der Waals surface area contributed by atoms with Gasteiger partial charge in [-0.3, -0.25) is 28.8 Å². The minimum atomic E-state index is -3.92. The van der Waals surface area contributed by atoms with Gasteiger partial charge in [0.2, 0.25) is 17.7 Å². The van der Waals surface area contributed by atoms with Crippen LogP contribution in [0.15, 0.2) is 72.8 Å². The van der Waals surface area contributed by atoms with Crippen molar-refractivity contribution in [2.45, 2.75) is 117 Å². The van der Waals surface area contributed by atoms with Crippen molar-refractivity contribution in [3.05, 3.63) is 95.1 Å². The molecule has 5 rings (SSSR count). The van der Waals surface area contributed by atoms with E-state index >= 15 is 0 Å². The Bertz CT molecular complexity index is 2500. The first-order valence-electron chi connectivity index (χ1n) is 24.6. The summed E-state index contributed by atoms with van der Waals surface area (Å²) in [5.74, 6) is 0.345. The highest BCUT2D eigenvalue weighted by Crippen LogP contribution is 2.35. The lowest BCUT2D eigenvalue weighted by Crippen LogP contribution is -2.61. The zero-order valence-electron chi connectivity index (χ0n) is 43.3. The molecule has 0 radical (unpaired) electrons. The number of carbonyl (C=O) groups is 6. The SMILES string of the molecule is C#CCOc1cc(C[N+]2(CC(=O)N[C@@H](CCc3ccccc3)C(=O)N[C@@H](CC(C)C)C(=O)N[C@@H](Cc3ccccc3)C(=O)N[C@@H](CC(C)C)C(=O)[C@@]3(C)CO3)CCOCC2)cc(C)c1OC(C)=O.CS(=O)(=O)[O-]. The number of Topliss-reactive ketones (excluding diaryl/α,β-unsaturated/α-hetero) is 1. The normalized spacial score (nSPS) is 17.5. The Morgan fingerprint density at radius 1 is 0.795 bits per heavy atom. The summed E-state index contributed by atoms with van der Waals surface area (Å²) in [6, 6.07) is 18.5. The third-order valence-corrected chi connectivity index (χ3v) is 12.2. The third-order valence-electron chi connectivity index (χ3n) is 12.2. The van der Waals surface area contributed by atoms with Gasteiger partial charge in [-0.25, -0.2) is 8.42 Å². The minimum Gasteiger partial charge on any atom is -0.748 e. The number of epoxide rings is 1. The number of aryl methyl sites for hydroxylation is 2. The fourth-order valence-electron chi connectivity index (χ4n) is 8.57. The van der Waals surface area contributed by atoms with Crippen molar-refractivity contribution in [1.82, 2.24) is 21.3 Å². The molecule has 73 heavy (non-hydrogen) atoms.